The van der Waals surface area contributed by atoms with E-state index >= 15 is 0 Å². The van der Waals surface area contributed by atoms with Crippen molar-refractivity contribution in [3.63, 3.8) is 0 Å². The lowest BCUT2D eigenvalue weighted by atomic mass is 10.0. The van der Waals surface area contributed by atoms with Crippen molar-refractivity contribution in [3.8, 4) is 0 Å². The van der Waals surface area contributed by atoms with Gasteiger partial charge in [0.15, 0.2) is 0 Å². The lowest BCUT2D eigenvalue weighted by Gasteiger charge is -2.16. The highest BCUT2D eigenvalue weighted by Gasteiger charge is 2.19. The van der Waals surface area contributed by atoms with Crippen LogP contribution >= 0.6 is 15.9 Å². The quantitative estimate of drug-likeness (QED) is 0.910. The molecule has 19 heavy (non-hydrogen) atoms. The minimum absolute atomic E-state index is 0.212. The summed E-state index contributed by atoms with van der Waals surface area (Å²) in [4.78, 5) is 0. The Morgan fingerprint density at radius 1 is 1.37 bits per heavy atom. The Bertz CT molecular complexity index is 556. The molecule has 0 fully saturated rings. The van der Waals surface area contributed by atoms with E-state index in [2.05, 4.69) is 21.2 Å². The first kappa shape index (κ1) is 14.2. The van der Waals surface area contributed by atoms with E-state index in [9.17, 15) is 4.39 Å². The van der Waals surface area contributed by atoms with Crippen LogP contribution in [0.3, 0.4) is 0 Å². The van der Waals surface area contributed by atoms with Crippen LogP contribution < -0.4 is 5.32 Å². The average molecular weight is 328 g/mol. The Hall–Kier alpha value is -1.17. The molecule has 0 saturated heterocycles. The molecule has 3 nitrogen and oxygen atoms in total. The fourth-order valence-electron chi connectivity index (χ4n) is 1.96. The maximum absolute atomic E-state index is 13.4. The van der Waals surface area contributed by atoms with E-state index < -0.39 is 0 Å². The van der Waals surface area contributed by atoms with Gasteiger partial charge in [-0.15, -0.1) is 0 Å². The molecule has 0 spiro atoms. The van der Waals surface area contributed by atoms with Gasteiger partial charge in [0.25, 0.3) is 0 Å². The van der Waals surface area contributed by atoms with Crippen LogP contribution in [0.4, 0.5) is 4.39 Å². The van der Waals surface area contributed by atoms with E-state index in [0.717, 1.165) is 21.6 Å². The van der Waals surface area contributed by atoms with E-state index in [1.165, 1.54) is 12.1 Å². The van der Waals surface area contributed by atoms with Crippen LogP contribution in [0, 0.1) is 5.82 Å². The lowest BCUT2D eigenvalue weighted by molar-refractivity contribution is 0.162. The van der Waals surface area contributed by atoms with Crippen molar-refractivity contribution in [2.75, 3.05) is 14.2 Å². The molecule has 0 radical (unpaired) electrons. The van der Waals surface area contributed by atoms with Gasteiger partial charge in [-0.1, -0.05) is 15.9 Å². The zero-order valence-corrected chi connectivity index (χ0v) is 12.3. The van der Waals surface area contributed by atoms with Crippen molar-refractivity contribution in [1.82, 2.24) is 5.32 Å². The Kier molecular flexibility index (Phi) is 4.74. The molecule has 0 aliphatic heterocycles. The van der Waals surface area contributed by atoms with Gasteiger partial charge in [0.1, 0.15) is 23.9 Å². The van der Waals surface area contributed by atoms with Crippen molar-refractivity contribution in [3.05, 3.63) is 57.7 Å². The molecule has 0 amide bonds. The van der Waals surface area contributed by atoms with E-state index in [0.29, 0.717) is 6.61 Å². The molecule has 2 aromatic rings. The third-order valence-electron chi connectivity index (χ3n) is 2.81. The molecule has 0 aliphatic carbocycles. The topological polar surface area (TPSA) is 34.4 Å². The third-order valence-corrected chi connectivity index (χ3v) is 3.53. The van der Waals surface area contributed by atoms with Gasteiger partial charge in [-0.2, -0.15) is 0 Å². The Morgan fingerprint density at radius 2 is 2.16 bits per heavy atom. The molecule has 102 valence electrons. The maximum Gasteiger partial charge on any atom is 0.129 e. The molecule has 1 unspecified atom stereocenters. The number of hydrogen-bond donors (Lipinski definition) is 1. The number of nitrogens with one attached hydrogen (secondary N) is 1. The summed E-state index contributed by atoms with van der Waals surface area (Å²) >= 11 is 3.43. The second kappa shape index (κ2) is 6.32. The maximum atomic E-state index is 13.4. The third kappa shape index (κ3) is 3.23. The second-order valence-corrected chi connectivity index (χ2v) is 4.98. The standard InChI is InChI=1S/C14H15BrFNO2/c1-17-14(11-7-9(16)3-5-12(11)15)13-6-4-10(19-13)8-18-2/h3-7,14,17H,8H2,1-2H3. The summed E-state index contributed by atoms with van der Waals surface area (Å²) in [5.41, 5.74) is 0.792. The first-order valence-electron chi connectivity index (χ1n) is 5.85. The highest BCUT2D eigenvalue weighted by molar-refractivity contribution is 9.10. The lowest BCUT2D eigenvalue weighted by Crippen LogP contribution is -2.17. The van der Waals surface area contributed by atoms with Crippen molar-refractivity contribution < 1.29 is 13.5 Å². The van der Waals surface area contributed by atoms with Crippen molar-refractivity contribution in [2.24, 2.45) is 0 Å². The first-order valence-corrected chi connectivity index (χ1v) is 6.64. The summed E-state index contributed by atoms with van der Waals surface area (Å²) in [5.74, 6) is 1.19. The molecule has 1 aromatic carbocycles. The Balaban J connectivity index is 2.35. The number of furan rings is 1. The van der Waals surface area contributed by atoms with Crippen molar-refractivity contribution >= 4 is 15.9 Å². The minimum atomic E-state index is -0.276. The van der Waals surface area contributed by atoms with Crippen LogP contribution in [-0.4, -0.2) is 14.2 Å². The minimum Gasteiger partial charge on any atom is -0.462 e. The molecule has 1 heterocycles. The second-order valence-electron chi connectivity index (χ2n) is 4.12. The summed E-state index contributed by atoms with van der Waals surface area (Å²) in [6, 6.07) is 8.11. The Labute approximate surface area is 119 Å². The van der Waals surface area contributed by atoms with Gasteiger partial charge >= 0.3 is 0 Å². The monoisotopic (exact) mass is 327 g/mol. The van der Waals surface area contributed by atoms with Crippen molar-refractivity contribution in [2.45, 2.75) is 12.6 Å². The largest absolute Gasteiger partial charge is 0.462 e. The predicted molar refractivity (Wildman–Crippen MR) is 74.4 cm³/mol. The fourth-order valence-corrected chi connectivity index (χ4v) is 2.43. The van der Waals surface area contributed by atoms with E-state index in [-0.39, 0.29) is 11.9 Å². The van der Waals surface area contributed by atoms with E-state index in [1.54, 1.807) is 20.2 Å². The Morgan fingerprint density at radius 3 is 2.84 bits per heavy atom. The van der Waals surface area contributed by atoms with Gasteiger partial charge in [0.05, 0.1) is 6.04 Å². The normalized spacial score (nSPS) is 12.6. The van der Waals surface area contributed by atoms with Gasteiger partial charge in [0, 0.05) is 11.6 Å². The van der Waals surface area contributed by atoms with Crippen LogP contribution in [0.1, 0.15) is 23.1 Å². The first-order chi connectivity index (χ1) is 9.15. The van der Waals surface area contributed by atoms with Gasteiger partial charge in [0.2, 0.25) is 0 Å². The van der Waals surface area contributed by atoms with E-state index in [1.807, 2.05) is 12.1 Å². The van der Waals surface area contributed by atoms with Gasteiger partial charge in [-0.25, -0.2) is 4.39 Å². The summed E-state index contributed by atoms with van der Waals surface area (Å²) in [6.07, 6.45) is 0. The van der Waals surface area contributed by atoms with Gasteiger partial charge < -0.3 is 14.5 Å². The zero-order chi connectivity index (χ0) is 13.8. The highest BCUT2D eigenvalue weighted by atomic mass is 79.9. The number of benzene rings is 1. The summed E-state index contributed by atoms with van der Waals surface area (Å²) in [5, 5.41) is 3.13. The van der Waals surface area contributed by atoms with Crippen LogP contribution in [0.5, 0.6) is 0 Å². The number of ether oxygens (including phenoxy) is 1. The summed E-state index contributed by atoms with van der Waals surface area (Å²) in [6.45, 7) is 0.417. The molecule has 1 N–H and O–H groups in total. The number of rotatable bonds is 5. The highest BCUT2D eigenvalue weighted by Crippen LogP contribution is 2.30. The van der Waals surface area contributed by atoms with Crippen LogP contribution in [0.25, 0.3) is 0 Å². The molecule has 0 aliphatic rings. The average Bonchev–Trinajstić information content (AvgIpc) is 2.83. The molecule has 5 heteroatoms. The summed E-state index contributed by atoms with van der Waals surface area (Å²) in [7, 11) is 3.42. The zero-order valence-electron chi connectivity index (χ0n) is 10.7. The molecular formula is C14H15BrFNO2. The molecule has 0 bridgehead atoms. The van der Waals surface area contributed by atoms with Gasteiger partial charge in [-0.3, -0.25) is 0 Å². The number of hydrogen-bond acceptors (Lipinski definition) is 3. The summed E-state index contributed by atoms with van der Waals surface area (Å²) < 4.78 is 24.9. The van der Waals surface area contributed by atoms with Crippen molar-refractivity contribution in [1.29, 1.82) is 0 Å². The molecule has 1 atom stereocenters. The molecular weight excluding hydrogens is 313 g/mol. The molecule has 1 aromatic heterocycles. The smallest absolute Gasteiger partial charge is 0.129 e. The SMILES string of the molecule is CNC(c1ccc(COC)o1)c1cc(F)ccc1Br. The van der Waals surface area contributed by atoms with Crippen LogP contribution in [0.2, 0.25) is 0 Å². The number of halogens is 2. The van der Waals surface area contributed by atoms with Crippen LogP contribution in [-0.2, 0) is 11.3 Å². The molecule has 0 saturated carbocycles. The van der Waals surface area contributed by atoms with Crippen LogP contribution in [0.15, 0.2) is 39.2 Å². The number of methoxy groups -OCH3 is 1. The fraction of sp³-hybridized carbons (Fsp3) is 0.286. The molecule has 2 rings (SSSR count). The predicted octanol–water partition coefficient (Wildman–Crippen LogP) is 3.64. The van der Waals surface area contributed by atoms with E-state index in [4.69, 9.17) is 9.15 Å². The van der Waals surface area contributed by atoms with Gasteiger partial charge in [-0.05, 0) is 42.9 Å².